The van der Waals surface area contributed by atoms with Crippen LogP contribution in [-0.4, -0.2) is 52.1 Å². The van der Waals surface area contributed by atoms with Crippen molar-refractivity contribution in [3.8, 4) is 17.0 Å². The van der Waals surface area contributed by atoms with E-state index < -0.39 is 42.7 Å². The zero-order chi connectivity index (χ0) is 29.9. The number of likely N-dealkylation sites (tertiary alicyclic amines) is 1. The third kappa shape index (κ3) is 7.09. The maximum absolute atomic E-state index is 13.4. The molecule has 0 aliphatic carbocycles. The molecule has 4 heterocycles. The Morgan fingerprint density at radius 3 is 2.55 bits per heavy atom. The second-order valence-corrected chi connectivity index (χ2v) is 9.57. The minimum atomic E-state index is -5.02. The lowest BCUT2D eigenvalue weighted by Crippen LogP contribution is -2.42. The standard InChI is InChI=1S/C29H23F5N4O4/c30-28(31)7-10-38(11-8-28)27(40)19-4-5-23(36-16-19)20-12-21-13-22(41-26(21)24(14-20)42-29(32,33)34)17-37-25(39)6-3-18-2-1-9-35-15-18/h1-6,9,12-16H,7-8,10-11,17H2,(H,37,39)/b6-3+. The van der Waals surface area contributed by atoms with Crippen LogP contribution in [0.25, 0.3) is 28.3 Å². The molecule has 0 atom stereocenters. The number of hydrogen-bond acceptors (Lipinski definition) is 6. The van der Waals surface area contributed by atoms with Gasteiger partial charge in [-0.25, -0.2) is 8.78 Å². The first kappa shape index (κ1) is 28.7. The van der Waals surface area contributed by atoms with Gasteiger partial charge < -0.3 is 19.4 Å². The highest BCUT2D eigenvalue weighted by Gasteiger charge is 2.36. The van der Waals surface area contributed by atoms with Crippen LogP contribution in [0.5, 0.6) is 5.75 Å². The number of aromatic nitrogens is 2. The first-order valence-electron chi connectivity index (χ1n) is 12.8. The Morgan fingerprint density at radius 1 is 1.10 bits per heavy atom. The number of amides is 2. The van der Waals surface area contributed by atoms with Crippen LogP contribution in [0.4, 0.5) is 22.0 Å². The molecule has 1 aliphatic heterocycles. The molecule has 1 N–H and O–H groups in total. The topological polar surface area (TPSA) is 97.6 Å². The Labute approximate surface area is 235 Å². The zero-order valence-electron chi connectivity index (χ0n) is 21.8. The molecule has 1 aliphatic rings. The van der Waals surface area contributed by atoms with Crippen LogP contribution >= 0.6 is 0 Å². The molecule has 5 rings (SSSR count). The molecule has 8 nitrogen and oxygen atoms in total. The normalized spacial score (nSPS) is 15.2. The van der Waals surface area contributed by atoms with E-state index in [9.17, 15) is 31.5 Å². The van der Waals surface area contributed by atoms with Gasteiger partial charge >= 0.3 is 6.36 Å². The summed E-state index contributed by atoms with van der Waals surface area (Å²) in [6.45, 7) is -0.290. The molecule has 42 heavy (non-hydrogen) atoms. The van der Waals surface area contributed by atoms with Gasteiger partial charge in [-0.1, -0.05) is 6.07 Å². The third-order valence-corrected chi connectivity index (χ3v) is 6.50. The summed E-state index contributed by atoms with van der Waals surface area (Å²) in [6.07, 6.45) is 1.39. The highest BCUT2D eigenvalue weighted by molar-refractivity contribution is 5.95. The van der Waals surface area contributed by atoms with E-state index in [-0.39, 0.29) is 53.2 Å². The molecule has 1 fully saturated rings. The largest absolute Gasteiger partial charge is 0.573 e. The number of pyridine rings is 2. The number of rotatable bonds is 7. The summed E-state index contributed by atoms with van der Waals surface area (Å²) < 4.78 is 76.3. The Bertz CT molecular complexity index is 1610. The fraction of sp³-hybridized carbons (Fsp3) is 0.241. The third-order valence-electron chi connectivity index (χ3n) is 6.50. The summed E-state index contributed by atoms with van der Waals surface area (Å²) in [5.74, 6) is -4.15. The Kier molecular flexibility index (Phi) is 7.92. The van der Waals surface area contributed by atoms with Crippen molar-refractivity contribution >= 4 is 28.9 Å². The van der Waals surface area contributed by atoms with Gasteiger partial charge in [-0.3, -0.25) is 19.6 Å². The molecule has 0 radical (unpaired) electrons. The second kappa shape index (κ2) is 11.6. The molecule has 0 bridgehead atoms. The van der Waals surface area contributed by atoms with Crippen LogP contribution < -0.4 is 10.1 Å². The molecule has 3 aromatic heterocycles. The van der Waals surface area contributed by atoms with Crippen molar-refractivity contribution in [3.63, 3.8) is 0 Å². The van der Waals surface area contributed by atoms with E-state index in [0.717, 1.165) is 6.07 Å². The number of nitrogens with zero attached hydrogens (tertiary/aromatic N) is 3. The van der Waals surface area contributed by atoms with Crippen molar-refractivity contribution in [1.29, 1.82) is 0 Å². The lowest BCUT2D eigenvalue weighted by molar-refractivity contribution is -0.274. The summed E-state index contributed by atoms with van der Waals surface area (Å²) in [7, 11) is 0. The van der Waals surface area contributed by atoms with Crippen LogP contribution in [0.2, 0.25) is 0 Å². The predicted octanol–water partition coefficient (Wildman–Crippen LogP) is 5.99. The number of hydrogen-bond donors (Lipinski definition) is 1. The van der Waals surface area contributed by atoms with Crippen LogP contribution in [0.1, 0.15) is 34.5 Å². The number of alkyl halides is 5. The quantitative estimate of drug-likeness (QED) is 0.211. The molecule has 0 unspecified atom stereocenters. The lowest BCUT2D eigenvalue weighted by atomic mass is 10.0. The molecule has 2 amide bonds. The highest BCUT2D eigenvalue weighted by Crippen LogP contribution is 2.37. The molecular weight excluding hydrogens is 563 g/mol. The van der Waals surface area contributed by atoms with E-state index in [4.69, 9.17) is 4.42 Å². The van der Waals surface area contributed by atoms with Gasteiger partial charge in [-0.2, -0.15) is 0 Å². The molecule has 0 saturated carbocycles. The monoisotopic (exact) mass is 586 g/mol. The van der Waals surface area contributed by atoms with Gasteiger partial charge in [-0.05, 0) is 48.0 Å². The highest BCUT2D eigenvalue weighted by atomic mass is 19.4. The minimum Gasteiger partial charge on any atom is -0.455 e. The van der Waals surface area contributed by atoms with E-state index in [2.05, 4.69) is 20.0 Å². The van der Waals surface area contributed by atoms with Gasteiger partial charge in [0.25, 0.3) is 11.8 Å². The second-order valence-electron chi connectivity index (χ2n) is 9.57. The van der Waals surface area contributed by atoms with Crippen molar-refractivity contribution in [1.82, 2.24) is 20.2 Å². The van der Waals surface area contributed by atoms with Crippen molar-refractivity contribution in [2.75, 3.05) is 13.1 Å². The van der Waals surface area contributed by atoms with Gasteiger partial charge in [0, 0.05) is 61.5 Å². The van der Waals surface area contributed by atoms with Gasteiger partial charge in [0.05, 0.1) is 17.8 Å². The molecular formula is C29H23F5N4O4. The van der Waals surface area contributed by atoms with Gasteiger partial charge in [0.15, 0.2) is 11.3 Å². The van der Waals surface area contributed by atoms with Crippen molar-refractivity contribution in [2.24, 2.45) is 0 Å². The number of ether oxygens (including phenoxy) is 1. The number of carbonyl (C=O) groups excluding carboxylic acids is 2. The van der Waals surface area contributed by atoms with Crippen LogP contribution in [0, 0.1) is 0 Å². The van der Waals surface area contributed by atoms with E-state index in [1.807, 2.05) is 0 Å². The number of carbonyl (C=O) groups is 2. The molecule has 4 aromatic rings. The number of nitrogens with one attached hydrogen (secondary N) is 1. The summed E-state index contributed by atoms with van der Waals surface area (Å²) in [4.78, 5) is 34.4. The van der Waals surface area contributed by atoms with Crippen molar-refractivity contribution in [3.05, 3.63) is 84.0 Å². The van der Waals surface area contributed by atoms with E-state index in [0.29, 0.717) is 5.56 Å². The zero-order valence-corrected chi connectivity index (χ0v) is 21.8. The van der Waals surface area contributed by atoms with Crippen molar-refractivity contribution < 1.29 is 40.7 Å². The van der Waals surface area contributed by atoms with Gasteiger partial charge in [0.1, 0.15) is 5.76 Å². The first-order chi connectivity index (χ1) is 20.0. The minimum absolute atomic E-state index is 0.0908. The summed E-state index contributed by atoms with van der Waals surface area (Å²) in [6, 6.07) is 10.5. The molecule has 0 spiro atoms. The lowest BCUT2D eigenvalue weighted by Gasteiger charge is -2.31. The van der Waals surface area contributed by atoms with E-state index >= 15 is 0 Å². The summed E-state index contributed by atoms with van der Waals surface area (Å²) in [5.41, 5.74) is 1.17. The molecule has 1 aromatic carbocycles. The fourth-order valence-electron chi connectivity index (χ4n) is 4.40. The SMILES string of the molecule is O=C(/C=C/c1cccnc1)NCc1cc2cc(-c3ccc(C(=O)N4CCC(F)(F)CC4)cn3)cc(OC(F)(F)F)c2o1. The van der Waals surface area contributed by atoms with Crippen LogP contribution in [-0.2, 0) is 11.3 Å². The Hall–Kier alpha value is -4.81. The van der Waals surface area contributed by atoms with Crippen molar-refractivity contribution in [2.45, 2.75) is 31.7 Å². The van der Waals surface area contributed by atoms with Crippen LogP contribution in [0.15, 0.2) is 71.5 Å². The maximum Gasteiger partial charge on any atom is 0.573 e. The number of furan rings is 1. The van der Waals surface area contributed by atoms with E-state index in [1.54, 1.807) is 30.6 Å². The number of fused-ring (bicyclic) bond motifs is 1. The number of halogens is 5. The summed E-state index contributed by atoms with van der Waals surface area (Å²) in [5, 5.41) is 2.86. The maximum atomic E-state index is 13.4. The van der Waals surface area contributed by atoms with Gasteiger partial charge in [-0.15, -0.1) is 13.2 Å². The number of benzene rings is 1. The summed E-state index contributed by atoms with van der Waals surface area (Å²) >= 11 is 0. The number of piperidine rings is 1. The molecule has 218 valence electrons. The van der Waals surface area contributed by atoms with Crippen LogP contribution in [0.3, 0.4) is 0 Å². The van der Waals surface area contributed by atoms with Gasteiger partial charge in [0.2, 0.25) is 5.91 Å². The van der Waals surface area contributed by atoms with E-state index in [1.165, 1.54) is 41.4 Å². The Morgan fingerprint density at radius 2 is 1.88 bits per heavy atom. The molecule has 1 saturated heterocycles. The fourth-order valence-corrected chi connectivity index (χ4v) is 4.40. The Balaban J connectivity index is 1.34. The smallest absolute Gasteiger partial charge is 0.455 e. The molecule has 13 heteroatoms. The average molecular weight is 587 g/mol. The predicted molar refractivity (Wildman–Crippen MR) is 141 cm³/mol. The average Bonchev–Trinajstić information content (AvgIpc) is 3.38. The first-order valence-corrected chi connectivity index (χ1v) is 12.8.